The minimum absolute atomic E-state index is 0.119. The van der Waals surface area contributed by atoms with Crippen LogP contribution in [0, 0.1) is 11.6 Å². The molecule has 0 aliphatic carbocycles. The van der Waals surface area contributed by atoms with Gasteiger partial charge in [-0.3, -0.25) is 0 Å². The molecular weight excluding hydrogens is 258 g/mol. The zero-order valence-electron chi connectivity index (χ0n) is 10.2. The molecule has 0 saturated carbocycles. The van der Waals surface area contributed by atoms with Crippen molar-refractivity contribution in [3.05, 3.63) is 17.7 Å². The maximum atomic E-state index is 13.6. The average molecular weight is 274 g/mol. The number of rotatable bonds is 4. The van der Waals surface area contributed by atoms with Gasteiger partial charge in [0.05, 0.1) is 0 Å². The maximum Gasteiger partial charge on any atom is 0.168 e. The molecule has 18 heavy (non-hydrogen) atoms. The van der Waals surface area contributed by atoms with Crippen LogP contribution in [-0.2, 0) is 4.74 Å². The van der Waals surface area contributed by atoms with Crippen molar-refractivity contribution in [3.63, 3.8) is 0 Å². The SMILES string of the molecule is CCNc1nc(SC2CCOCC2)c(F)cc1F. The van der Waals surface area contributed by atoms with Crippen LogP contribution in [0.5, 0.6) is 0 Å². The molecule has 6 heteroatoms. The lowest BCUT2D eigenvalue weighted by molar-refractivity contribution is 0.1000. The first-order valence-electron chi connectivity index (χ1n) is 6.05. The van der Waals surface area contributed by atoms with Gasteiger partial charge in [0.1, 0.15) is 5.03 Å². The topological polar surface area (TPSA) is 34.2 Å². The van der Waals surface area contributed by atoms with Crippen LogP contribution in [0.2, 0.25) is 0 Å². The van der Waals surface area contributed by atoms with Gasteiger partial charge in [0.25, 0.3) is 0 Å². The van der Waals surface area contributed by atoms with E-state index < -0.39 is 11.6 Å². The van der Waals surface area contributed by atoms with Crippen molar-refractivity contribution < 1.29 is 13.5 Å². The molecule has 1 aromatic heterocycles. The fraction of sp³-hybridized carbons (Fsp3) is 0.583. The van der Waals surface area contributed by atoms with Crippen LogP contribution in [0.4, 0.5) is 14.6 Å². The fourth-order valence-corrected chi connectivity index (χ4v) is 2.83. The number of hydrogen-bond donors (Lipinski definition) is 1. The van der Waals surface area contributed by atoms with E-state index in [0.29, 0.717) is 25.0 Å². The molecule has 0 spiro atoms. The predicted octanol–water partition coefficient (Wildman–Crippen LogP) is 3.06. The van der Waals surface area contributed by atoms with Crippen molar-refractivity contribution >= 4 is 17.6 Å². The van der Waals surface area contributed by atoms with Crippen LogP contribution in [0.15, 0.2) is 11.1 Å². The van der Waals surface area contributed by atoms with Gasteiger partial charge < -0.3 is 10.1 Å². The first kappa shape index (κ1) is 13.5. The van der Waals surface area contributed by atoms with Gasteiger partial charge in [0.15, 0.2) is 17.5 Å². The smallest absolute Gasteiger partial charge is 0.168 e. The zero-order chi connectivity index (χ0) is 13.0. The lowest BCUT2D eigenvalue weighted by Gasteiger charge is -2.21. The molecule has 0 atom stereocenters. The van der Waals surface area contributed by atoms with E-state index in [-0.39, 0.29) is 10.8 Å². The number of halogens is 2. The highest BCUT2D eigenvalue weighted by molar-refractivity contribution is 7.99. The molecule has 2 rings (SSSR count). The number of pyridine rings is 1. The number of nitrogens with zero attached hydrogens (tertiary/aromatic N) is 1. The summed E-state index contributed by atoms with van der Waals surface area (Å²) in [5, 5.41) is 3.35. The lowest BCUT2D eigenvalue weighted by Crippen LogP contribution is -2.18. The molecule has 1 fully saturated rings. The monoisotopic (exact) mass is 274 g/mol. The van der Waals surface area contributed by atoms with Gasteiger partial charge in [0, 0.05) is 31.1 Å². The Hall–Kier alpha value is -0.880. The second kappa shape index (κ2) is 6.33. The molecule has 0 aromatic carbocycles. The highest BCUT2D eigenvalue weighted by Gasteiger charge is 2.19. The Bertz CT molecular complexity index is 411. The summed E-state index contributed by atoms with van der Waals surface area (Å²) < 4.78 is 32.3. The van der Waals surface area contributed by atoms with Crippen molar-refractivity contribution in [3.8, 4) is 0 Å². The summed E-state index contributed by atoms with van der Waals surface area (Å²) in [5.74, 6) is -1.12. The second-order valence-electron chi connectivity index (χ2n) is 4.07. The van der Waals surface area contributed by atoms with Crippen molar-refractivity contribution in [1.82, 2.24) is 4.98 Å². The summed E-state index contributed by atoms with van der Waals surface area (Å²) in [5.41, 5.74) is 0. The fourth-order valence-electron chi connectivity index (χ4n) is 1.78. The number of thioether (sulfide) groups is 1. The quantitative estimate of drug-likeness (QED) is 0.915. The largest absolute Gasteiger partial charge is 0.381 e. The number of aromatic nitrogens is 1. The molecule has 1 saturated heterocycles. The molecule has 100 valence electrons. The van der Waals surface area contributed by atoms with Crippen LogP contribution in [0.25, 0.3) is 0 Å². The third-order valence-corrected chi connectivity index (χ3v) is 4.00. The Balaban J connectivity index is 2.12. The first-order valence-corrected chi connectivity index (χ1v) is 6.93. The summed E-state index contributed by atoms with van der Waals surface area (Å²) in [6.07, 6.45) is 1.75. The molecule has 2 heterocycles. The molecule has 0 bridgehead atoms. The van der Waals surface area contributed by atoms with Gasteiger partial charge in [-0.15, -0.1) is 0 Å². The summed E-state index contributed by atoms with van der Waals surface area (Å²) in [7, 11) is 0. The Kier molecular flexibility index (Phi) is 4.77. The average Bonchev–Trinajstić information content (AvgIpc) is 2.37. The predicted molar refractivity (Wildman–Crippen MR) is 68.0 cm³/mol. The van der Waals surface area contributed by atoms with E-state index in [9.17, 15) is 8.78 Å². The second-order valence-corrected chi connectivity index (χ2v) is 5.35. The lowest BCUT2D eigenvalue weighted by atomic mass is 10.2. The van der Waals surface area contributed by atoms with E-state index >= 15 is 0 Å². The normalized spacial score (nSPS) is 16.8. The number of anilines is 1. The molecule has 1 aromatic rings. The Morgan fingerprint density at radius 1 is 1.39 bits per heavy atom. The van der Waals surface area contributed by atoms with Gasteiger partial charge in [-0.2, -0.15) is 0 Å². The molecule has 0 unspecified atom stereocenters. The third-order valence-electron chi connectivity index (χ3n) is 2.69. The maximum absolute atomic E-state index is 13.6. The van der Waals surface area contributed by atoms with Crippen LogP contribution >= 0.6 is 11.8 Å². The zero-order valence-corrected chi connectivity index (χ0v) is 11.0. The number of hydrogen-bond acceptors (Lipinski definition) is 4. The Morgan fingerprint density at radius 2 is 2.11 bits per heavy atom. The van der Waals surface area contributed by atoms with Crippen LogP contribution in [0.3, 0.4) is 0 Å². The highest BCUT2D eigenvalue weighted by Crippen LogP contribution is 2.31. The van der Waals surface area contributed by atoms with E-state index in [1.807, 2.05) is 6.92 Å². The van der Waals surface area contributed by atoms with Gasteiger partial charge in [0.2, 0.25) is 0 Å². The molecule has 1 N–H and O–H groups in total. The number of ether oxygens (including phenoxy) is 1. The van der Waals surface area contributed by atoms with Crippen molar-refractivity contribution in [1.29, 1.82) is 0 Å². The van der Waals surface area contributed by atoms with Crippen molar-refractivity contribution in [2.75, 3.05) is 25.1 Å². The van der Waals surface area contributed by atoms with E-state index in [2.05, 4.69) is 10.3 Å². The van der Waals surface area contributed by atoms with Gasteiger partial charge in [-0.05, 0) is 19.8 Å². The van der Waals surface area contributed by atoms with E-state index in [1.54, 1.807) is 0 Å². The summed E-state index contributed by atoms with van der Waals surface area (Å²) >= 11 is 1.37. The molecule has 0 amide bonds. The molecule has 0 radical (unpaired) electrons. The first-order chi connectivity index (χ1) is 8.70. The van der Waals surface area contributed by atoms with Gasteiger partial charge in [-0.25, -0.2) is 13.8 Å². The van der Waals surface area contributed by atoms with E-state index in [1.165, 1.54) is 11.8 Å². The number of nitrogens with one attached hydrogen (secondary N) is 1. The summed E-state index contributed by atoms with van der Waals surface area (Å²) in [6.45, 7) is 3.79. The van der Waals surface area contributed by atoms with Gasteiger partial charge in [-0.1, -0.05) is 11.8 Å². The molecule has 3 nitrogen and oxygen atoms in total. The Labute approximate surface area is 109 Å². The van der Waals surface area contributed by atoms with Crippen molar-refractivity contribution in [2.45, 2.75) is 30.0 Å². The van der Waals surface area contributed by atoms with Crippen molar-refractivity contribution in [2.24, 2.45) is 0 Å². The minimum Gasteiger partial charge on any atom is -0.381 e. The van der Waals surface area contributed by atoms with Crippen LogP contribution in [0.1, 0.15) is 19.8 Å². The van der Waals surface area contributed by atoms with E-state index in [0.717, 1.165) is 18.9 Å². The standard InChI is InChI=1S/C12H16F2N2OS/c1-2-15-11-9(13)7-10(14)12(16-11)18-8-3-5-17-6-4-8/h7-8H,2-6H2,1H3,(H,15,16). The molecular formula is C12H16F2N2OS. The summed E-state index contributed by atoms with van der Waals surface area (Å²) in [6, 6.07) is 0.895. The highest BCUT2D eigenvalue weighted by atomic mass is 32.2. The summed E-state index contributed by atoms with van der Waals surface area (Å²) in [4.78, 5) is 4.02. The van der Waals surface area contributed by atoms with Crippen LogP contribution in [-0.4, -0.2) is 30.0 Å². The Morgan fingerprint density at radius 3 is 2.78 bits per heavy atom. The van der Waals surface area contributed by atoms with E-state index in [4.69, 9.17) is 4.74 Å². The molecule has 1 aliphatic rings. The van der Waals surface area contributed by atoms with Crippen LogP contribution < -0.4 is 5.32 Å². The van der Waals surface area contributed by atoms with Gasteiger partial charge >= 0.3 is 0 Å². The molecule has 1 aliphatic heterocycles. The third kappa shape index (κ3) is 3.32. The minimum atomic E-state index is -0.648.